The van der Waals surface area contributed by atoms with Gasteiger partial charge in [-0.15, -0.1) is 12.4 Å². The molecule has 23 heavy (non-hydrogen) atoms. The fourth-order valence-corrected chi connectivity index (χ4v) is 3.88. The van der Waals surface area contributed by atoms with Gasteiger partial charge in [-0.25, -0.2) is 4.39 Å². The Morgan fingerprint density at radius 1 is 1.17 bits per heavy atom. The number of benzene rings is 1. The summed E-state index contributed by atoms with van der Waals surface area (Å²) in [6.45, 7) is 2.12. The summed E-state index contributed by atoms with van der Waals surface area (Å²) in [6.07, 6.45) is -1.34. The molecule has 0 amide bonds. The summed E-state index contributed by atoms with van der Waals surface area (Å²) in [6, 6.07) is 3.47. The lowest BCUT2D eigenvalue weighted by Crippen LogP contribution is -2.38. The van der Waals surface area contributed by atoms with Crippen LogP contribution in [-0.2, 0) is 12.7 Å². The number of hydrogen-bond acceptors (Lipinski definition) is 2. The smallest absolute Gasteiger partial charge is 0.327 e. The van der Waals surface area contributed by atoms with Crippen molar-refractivity contribution in [3.8, 4) is 0 Å². The van der Waals surface area contributed by atoms with Gasteiger partial charge in [-0.3, -0.25) is 4.90 Å². The molecule has 0 spiro atoms. The summed E-state index contributed by atoms with van der Waals surface area (Å²) in [5.41, 5.74) is 5.47. The van der Waals surface area contributed by atoms with Crippen molar-refractivity contribution in [2.45, 2.75) is 38.0 Å². The van der Waals surface area contributed by atoms with Crippen molar-refractivity contribution in [3.63, 3.8) is 0 Å². The third kappa shape index (κ3) is 3.98. The molecule has 1 heterocycles. The van der Waals surface area contributed by atoms with Crippen molar-refractivity contribution in [1.29, 1.82) is 0 Å². The summed E-state index contributed by atoms with van der Waals surface area (Å²) >= 11 is 0. The van der Waals surface area contributed by atoms with Crippen molar-refractivity contribution >= 4 is 12.4 Å². The standard InChI is InChI=1S/C16H20F4N2.ClH/c17-14-5-4-10(6-13(14)16(18,19)20)7-22-8-11-2-1-3-15(21)12(11)9-22;/h4-6,11-12,15H,1-3,7-9,21H2;1H. The lowest BCUT2D eigenvalue weighted by Gasteiger charge is -2.29. The third-order valence-corrected chi connectivity index (χ3v) is 4.97. The van der Waals surface area contributed by atoms with Crippen LogP contribution >= 0.6 is 12.4 Å². The molecule has 0 aromatic heterocycles. The Labute approximate surface area is 139 Å². The van der Waals surface area contributed by atoms with Gasteiger partial charge < -0.3 is 5.73 Å². The van der Waals surface area contributed by atoms with Crippen LogP contribution in [0.2, 0.25) is 0 Å². The molecule has 1 saturated heterocycles. The Hall–Kier alpha value is -0.850. The highest BCUT2D eigenvalue weighted by molar-refractivity contribution is 5.85. The van der Waals surface area contributed by atoms with Gasteiger partial charge in [-0.05, 0) is 42.4 Å². The number of nitrogens with two attached hydrogens (primary N) is 1. The molecule has 3 unspecified atom stereocenters. The molecule has 1 aromatic rings. The first-order valence-corrected chi connectivity index (χ1v) is 7.68. The molecule has 7 heteroatoms. The SMILES string of the molecule is Cl.NC1CCCC2CN(Cc3ccc(F)c(C(F)(F)F)c3)CC12. The minimum atomic E-state index is -4.65. The predicted octanol–water partition coefficient (Wildman–Crippen LogP) is 3.83. The maximum atomic E-state index is 13.3. The van der Waals surface area contributed by atoms with Gasteiger partial charge in [0.05, 0.1) is 5.56 Å². The molecule has 3 atom stereocenters. The van der Waals surface area contributed by atoms with Gasteiger partial charge in [0, 0.05) is 25.7 Å². The van der Waals surface area contributed by atoms with Crippen molar-refractivity contribution < 1.29 is 17.6 Å². The second-order valence-corrected chi connectivity index (χ2v) is 6.52. The van der Waals surface area contributed by atoms with Gasteiger partial charge in [-0.2, -0.15) is 13.2 Å². The molecule has 2 fully saturated rings. The number of rotatable bonds is 2. The maximum absolute atomic E-state index is 13.3. The van der Waals surface area contributed by atoms with Gasteiger partial charge in [-0.1, -0.05) is 12.5 Å². The van der Waals surface area contributed by atoms with Gasteiger partial charge in [0.25, 0.3) is 0 Å². The molecule has 1 aliphatic heterocycles. The number of alkyl halides is 3. The van der Waals surface area contributed by atoms with Gasteiger partial charge in [0.2, 0.25) is 0 Å². The molecule has 1 aromatic carbocycles. The number of nitrogens with zero attached hydrogens (tertiary/aromatic N) is 1. The van der Waals surface area contributed by atoms with Gasteiger partial charge in [0.15, 0.2) is 0 Å². The molecule has 130 valence electrons. The summed E-state index contributed by atoms with van der Waals surface area (Å²) in [4.78, 5) is 2.15. The van der Waals surface area contributed by atoms with Crippen molar-refractivity contribution in [2.24, 2.45) is 17.6 Å². The predicted molar refractivity (Wildman–Crippen MR) is 82.7 cm³/mol. The first kappa shape index (κ1) is 18.5. The lowest BCUT2D eigenvalue weighted by molar-refractivity contribution is -0.140. The van der Waals surface area contributed by atoms with Crippen LogP contribution in [-0.4, -0.2) is 24.0 Å². The van der Waals surface area contributed by atoms with E-state index in [1.54, 1.807) is 0 Å². The number of fused-ring (bicyclic) bond motifs is 1. The zero-order valence-corrected chi connectivity index (χ0v) is 13.5. The Balaban J connectivity index is 0.00000192. The van der Waals surface area contributed by atoms with Crippen molar-refractivity contribution in [3.05, 3.63) is 35.1 Å². The Bertz CT molecular complexity index is 549. The fraction of sp³-hybridized carbons (Fsp3) is 0.625. The van der Waals surface area contributed by atoms with Crippen LogP contribution in [0.1, 0.15) is 30.4 Å². The number of likely N-dealkylation sites (tertiary alicyclic amines) is 1. The van der Waals surface area contributed by atoms with Crippen LogP contribution in [0.4, 0.5) is 17.6 Å². The average Bonchev–Trinajstić information content (AvgIpc) is 2.84. The molecule has 1 aliphatic carbocycles. The molecule has 2 aliphatic rings. The second-order valence-electron chi connectivity index (χ2n) is 6.52. The van der Waals surface area contributed by atoms with Crippen LogP contribution in [0.3, 0.4) is 0 Å². The van der Waals surface area contributed by atoms with Gasteiger partial charge >= 0.3 is 6.18 Å². The van der Waals surface area contributed by atoms with E-state index in [9.17, 15) is 17.6 Å². The third-order valence-electron chi connectivity index (χ3n) is 4.97. The highest BCUT2D eigenvalue weighted by Crippen LogP contribution is 2.37. The Morgan fingerprint density at radius 2 is 1.91 bits per heavy atom. The van der Waals surface area contributed by atoms with E-state index in [1.807, 2.05) is 0 Å². The van der Waals surface area contributed by atoms with Crippen LogP contribution in [0, 0.1) is 17.7 Å². The fourth-order valence-electron chi connectivity index (χ4n) is 3.88. The van der Waals surface area contributed by atoms with Crippen LogP contribution < -0.4 is 5.73 Å². The van der Waals surface area contributed by atoms with E-state index in [0.717, 1.165) is 44.5 Å². The van der Waals surface area contributed by atoms with E-state index in [-0.39, 0.29) is 18.4 Å². The summed E-state index contributed by atoms with van der Waals surface area (Å²) in [5.74, 6) is -0.226. The topological polar surface area (TPSA) is 29.3 Å². The van der Waals surface area contributed by atoms with Crippen molar-refractivity contribution in [1.82, 2.24) is 4.90 Å². The molecular formula is C16H21ClF4N2. The molecular weight excluding hydrogens is 332 g/mol. The quantitative estimate of drug-likeness (QED) is 0.820. The zero-order valence-electron chi connectivity index (χ0n) is 12.7. The van der Waals surface area contributed by atoms with E-state index in [0.29, 0.717) is 23.9 Å². The summed E-state index contributed by atoms with van der Waals surface area (Å²) in [5, 5.41) is 0. The lowest BCUT2D eigenvalue weighted by atomic mass is 9.78. The van der Waals surface area contributed by atoms with Crippen LogP contribution in [0.15, 0.2) is 18.2 Å². The second kappa shape index (κ2) is 6.95. The van der Waals surface area contributed by atoms with Crippen LogP contribution in [0.5, 0.6) is 0 Å². The van der Waals surface area contributed by atoms with E-state index in [2.05, 4.69) is 4.90 Å². The molecule has 3 rings (SSSR count). The van der Waals surface area contributed by atoms with E-state index in [1.165, 1.54) is 6.07 Å². The van der Waals surface area contributed by atoms with Crippen LogP contribution in [0.25, 0.3) is 0 Å². The van der Waals surface area contributed by atoms with E-state index < -0.39 is 17.6 Å². The highest BCUT2D eigenvalue weighted by Gasteiger charge is 2.39. The van der Waals surface area contributed by atoms with E-state index in [4.69, 9.17) is 5.73 Å². The molecule has 1 saturated carbocycles. The minimum Gasteiger partial charge on any atom is -0.327 e. The molecule has 0 bridgehead atoms. The first-order chi connectivity index (χ1) is 10.3. The maximum Gasteiger partial charge on any atom is 0.419 e. The largest absolute Gasteiger partial charge is 0.419 e. The molecule has 0 radical (unpaired) electrons. The van der Waals surface area contributed by atoms with Gasteiger partial charge in [0.1, 0.15) is 5.82 Å². The molecule has 2 N–H and O–H groups in total. The number of hydrogen-bond donors (Lipinski definition) is 1. The van der Waals surface area contributed by atoms with E-state index >= 15 is 0 Å². The Kier molecular flexibility index (Phi) is 5.59. The zero-order chi connectivity index (χ0) is 15.9. The van der Waals surface area contributed by atoms with Crippen molar-refractivity contribution in [2.75, 3.05) is 13.1 Å². The minimum absolute atomic E-state index is 0. The highest BCUT2D eigenvalue weighted by atomic mass is 35.5. The Morgan fingerprint density at radius 3 is 2.57 bits per heavy atom. The molecule has 2 nitrogen and oxygen atoms in total. The normalized spacial score (nSPS) is 28.3. The first-order valence-electron chi connectivity index (χ1n) is 7.68. The monoisotopic (exact) mass is 352 g/mol. The average molecular weight is 353 g/mol. The summed E-state index contributed by atoms with van der Waals surface area (Å²) in [7, 11) is 0. The summed E-state index contributed by atoms with van der Waals surface area (Å²) < 4.78 is 51.6. The number of halogens is 5.